The molecule has 0 aliphatic rings. The summed E-state index contributed by atoms with van der Waals surface area (Å²) >= 11 is 5.28. The van der Waals surface area contributed by atoms with Gasteiger partial charge in [-0.2, -0.15) is 0 Å². The van der Waals surface area contributed by atoms with Crippen LogP contribution in [0.3, 0.4) is 0 Å². The Kier molecular flexibility index (Phi) is 2.19. The van der Waals surface area contributed by atoms with Gasteiger partial charge in [-0.1, -0.05) is 11.6 Å². The molecule has 0 saturated heterocycles. The fourth-order valence-corrected chi connectivity index (χ4v) is 0.901. The molecule has 1 rings (SSSR count). The number of hydrogen-bond acceptors (Lipinski definition) is 2. The lowest BCUT2D eigenvalue weighted by molar-refractivity contribution is 0.0688. The van der Waals surface area contributed by atoms with Gasteiger partial charge in [0.1, 0.15) is 11.3 Å². The molecule has 3 nitrogen and oxygen atoms in total. The molecule has 0 radical (unpaired) electrons. The minimum Gasteiger partial charge on any atom is -0.507 e. The maximum Gasteiger partial charge on any atom is 0.342 e. The summed E-state index contributed by atoms with van der Waals surface area (Å²) < 4.78 is 12.8. The molecular weight excluding hydrogens is 187 g/mol. The molecule has 2 N–H and O–H groups in total. The first-order chi connectivity index (χ1) is 5.54. The number of carboxylic acid groups (broad SMARTS) is 1. The highest BCUT2D eigenvalue weighted by molar-refractivity contribution is 6.31. The number of phenols is 1. The molecule has 0 bridgehead atoms. The Balaban J connectivity index is 3.43. The van der Waals surface area contributed by atoms with E-state index in [0.29, 0.717) is 0 Å². The average Bonchev–Trinajstić information content (AvgIpc) is 1.97. The van der Waals surface area contributed by atoms with Gasteiger partial charge in [0.2, 0.25) is 0 Å². The standard InChI is InChI=1S/C7H4ClFO3/c8-3-1-2-4(10)5(6(3)9)7(11)12/h1-2,10H,(H,11,12). The van der Waals surface area contributed by atoms with E-state index in [1.54, 1.807) is 0 Å². The highest BCUT2D eigenvalue weighted by Crippen LogP contribution is 2.25. The normalized spacial score (nSPS) is 9.83. The van der Waals surface area contributed by atoms with Crippen molar-refractivity contribution in [3.8, 4) is 5.75 Å². The molecule has 1 aromatic rings. The summed E-state index contributed by atoms with van der Waals surface area (Å²) in [6, 6.07) is 2.10. The highest BCUT2D eigenvalue weighted by atomic mass is 35.5. The van der Waals surface area contributed by atoms with E-state index in [2.05, 4.69) is 0 Å². The predicted molar refractivity (Wildman–Crippen MR) is 40.0 cm³/mol. The largest absolute Gasteiger partial charge is 0.507 e. The van der Waals surface area contributed by atoms with Gasteiger partial charge in [-0.25, -0.2) is 9.18 Å². The third-order valence-corrected chi connectivity index (χ3v) is 1.58. The summed E-state index contributed by atoms with van der Waals surface area (Å²) in [4.78, 5) is 10.3. The number of benzene rings is 1. The summed E-state index contributed by atoms with van der Waals surface area (Å²) in [6.45, 7) is 0. The third-order valence-electron chi connectivity index (χ3n) is 1.29. The number of carbonyl (C=O) groups is 1. The summed E-state index contributed by atoms with van der Waals surface area (Å²) in [7, 11) is 0. The number of rotatable bonds is 1. The first kappa shape index (κ1) is 8.80. The van der Waals surface area contributed by atoms with Crippen LogP contribution in [-0.4, -0.2) is 16.2 Å². The average molecular weight is 191 g/mol. The van der Waals surface area contributed by atoms with Gasteiger partial charge in [-0.15, -0.1) is 0 Å². The quantitative estimate of drug-likeness (QED) is 0.711. The van der Waals surface area contributed by atoms with Crippen molar-refractivity contribution in [3.05, 3.63) is 28.5 Å². The van der Waals surface area contributed by atoms with Crippen LogP contribution < -0.4 is 0 Å². The van der Waals surface area contributed by atoms with Crippen molar-refractivity contribution in [2.24, 2.45) is 0 Å². The number of aromatic carboxylic acids is 1. The molecule has 5 heteroatoms. The van der Waals surface area contributed by atoms with Gasteiger partial charge in [-0.3, -0.25) is 0 Å². The lowest BCUT2D eigenvalue weighted by atomic mass is 10.2. The van der Waals surface area contributed by atoms with Crippen LogP contribution in [0.2, 0.25) is 5.02 Å². The predicted octanol–water partition coefficient (Wildman–Crippen LogP) is 1.88. The Morgan fingerprint density at radius 1 is 1.50 bits per heavy atom. The molecule has 0 fully saturated rings. The summed E-state index contributed by atoms with van der Waals surface area (Å²) in [5, 5.41) is 17.0. The van der Waals surface area contributed by atoms with Crippen molar-refractivity contribution in [1.82, 2.24) is 0 Å². The maximum absolute atomic E-state index is 12.8. The number of carboxylic acids is 1. The lowest BCUT2D eigenvalue weighted by Crippen LogP contribution is -2.01. The molecule has 0 aromatic heterocycles. The van der Waals surface area contributed by atoms with Crippen molar-refractivity contribution >= 4 is 17.6 Å². The van der Waals surface area contributed by atoms with Crippen LogP contribution in [0.1, 0.15) is 10.4 Å². The zero-order valence-corrected chi connectivity index (χ0v) is 6.47. The van der Waals surface area contributed by atoms with Gasteiger partial charge in [0, 0.05) is 0 Å². The van der Waals surface area contributed by atoms with Crippen LogP contribution >= 0.6 is 11.6 Å². The van der Waals surface area contributed by atoms with Gasteiger partial charge in [-0.05, 0) is 12.1 Å². The van der Waals surface area contributed by atoms with E-state index in [0.717, 1.165) is 12.1 Å². The van der Waals surface area contributed by atoms with E-state index in [4.69, 9.17) is 21.8 Å². The van der Waals surface area contributed by atoms with Crippen LogP contribution in [0, 0.1) is 5.82 Å². The minimum absolute atomic E-state index is 0.329. The van der Waals surface area contributed by atoms with Crippen molar-refractivity contribution in [1.29, 1.82) is 0 Å². The molecule has 0 unspecified atom stereocenters. The monoisotopic (exact) mass is 190 g/mol. The first-order valence-corrected chi connectivity index (χ1v) is 3.32. The summed E-state index contributed by atoms with van der Waals surface area (Å²) in [5.41, 5.74) is -0.803. The molecule has 1 aromatic carbocycles. The van der Waals surface area contributed by atoms with Crippen LogP contribution in [0.5, 0.6) is 5.75 Å². The fraction of sp³-hybridized carbons (Fsp3) is 0. The Morgan fingerprint density at radius 2 is 2.08 bits per heavy atom. The van der Waals surface area contributed by atoms with Crippen LogP contribution in [0.25, 0.3) is 0 Å². The van der Waals surface area contributed by atoms with Crippen molar-refractivity contribution in [2.45, 2.75) is 0 Å². The molecule has 12 heavy (non-hydrogen) atoms. The molecule has 0 aliphatic heterocycles. The van der Waals surface area contributed by atoms with E-state index in [1.807, 2.05) is 0 Å². The second kappa shape index (κ2) is 2.98. The van der Waals surface area contributed by atoms with E-state index < -0.39 is 23.1 Å². The zero-order chi connectivity index (χ0) is 9.30. The topological polar surface area (TPSA) is 57.5 Å². The Morgan fingerprint density at radius 3 is 2.50 bits per heavy atom. The highest BCUT2D eigenvalue weighted by Gasteiger charge is 2.17. The molecule has 0 saturated carbocycles. The molecule has 0 aliphatic carbocycles. The van der Waals surface area contributed by atoms with Crippen LogP contribution in [0.4, 0.5) is 4.39 Å². The molecule has 0 amide bonds. The van der Waals surface area contributed by atoms with Gasteiger partial charge >= 0.3 is 5.97 Å². The smallest absolute Gasteiger partial charge is 0.342 e. The first-order valence-electron chi connectivity index (χ1n) is 2.94. The van der Waals surface area contributed by atoms with Crippen molar-refractivity contribution in [3.63, 3.8) is 0 Å². The van der Waals surface area contributed by atoms with Crippen LogP contribution in [0.15, 0.2) is 12.1 Å². The van der Waals surface area contributed by atoms with Gasteiger partial charge in [0.25, 0.3) is 0 Å². The second-order valence-corrected chi connectivity index (χ2v) is 2.47. The van der Waals surface area contributed by atoms with Gasteiger partial charge in [0.15, 0.2) is 5.82 Å². The number of halogens is 2. The van der Waals surface area contributed by atoms with E-state index in [-0.39, 0.29) is 5.02 Å². The van der Waals surface area contributed by atoms with Crippen molar-refractivity contribution in [2.75, 3.05) is 0 Å². The second-order valence-electron chi connectivity index (χ2n) is 2.06. The Labute approximate surface area is 72.0 Å². The van der Waals surface area contributed by atoms with E-state index in [1.165, 1.54) is 0 Å². The Hall–Kier alpha value is -1.29. The fourth-order valence-electron chi connectivity index (χ4n) is 0.744. The van der Waals surface area contributed by atoms with Crippen LogP contribution in [-0.2, 0) is 0 Å². The molecule has 64 valence electrons. The van der Waals surface area contributed by atoms with E-state index >= 15 is 0 Å². The minimum atomic E-state index is -1.55. The zero-order valence-electron chi connectivity index (χ0n) is 5.71. The third kappa shape index (κ3) is 1.33. The summed E-state index contributed by atoms with van der Waals surface area (Å²) in [6.07, 6.45) is 0. The maximum atomic E-state index is 12.8. The summed E-state index contributed by atoms with van der Waals surface area (Å²) in [5.74, 6) is -3.30. The lowest BCUT2D eigenvalue weighted by Gasteiger charge is -2.01. The van der Waals surface area contributed by atoms with Gasteiger partial charge < -0.3 is 10.2 Å². The number of aromatic hydroxyl groups is 1. The molecule has 0 heterocycles. The Bertz CT molecular complexity index is 338. The van der Waals surface area contributed by atoms with Gasteiger partial charge in [0.05, 0.1) is 5.02 Å². The van der Waals surface area contributed by atoms with Crippen molar-refractivity contribution < 1.29 is 19.4 Å². The molecule has 0 atom stereocenters. The molecule has 0 spiro atoms. The SMILES string of the molecule is O=C(O)c1c(O)ccc(Cl)c1F. The number of hydrogen-bond donors (Lipinski definition) is 2. The molecular formula is C7H4ClFO3. The van der Waals surface area contributed by atoms with E-state index in [9.17, 15) is 9.18 Å².